The van der Waals surface area contributed by atoms with E-state index in [2.05, 4.69) is 29.6 Å². The van der Waals surface area contributed by atoms with Crippen molar-refractivity contribution in [2.75, 3.05) is 13.2 Å². The number of nitrogens with one attached hydrogen (secondary N) is 1. The van der Waals surface area contributed by atoms with Crippen molar-refractivity contribution in [1.82, 2.24) is 10.2 Å². The van der Waals surface area contributed by atoms with Gasteiger partial charge in [0.05, 0.1) is 0 Å². The summed E-state index contributed by atoms with van der Waals surface area (Å²) in [6.45, 7) is 3.74. The second kappa shape index (κ2) is 10.9. The highest BCUT2D eigenvalue weighted by molar-refractivity contribution is 5.88. The van der Waals surface area contributed by atoms with Crippen molar-refractivity contribution < 1.29 is 24.2 Å². The van der Waals surface area contributed by atoms with Crippen molar-refractivity contribution in [1.29, 1.82) is 0 Å². The molecular weight excluding hydrogens is 444 g/mol. The lowest BCUT2D eigenvalue weighted by molar-refractivity contribution is -0.147. The average Bonchev–Trinajstić information content (AvgIpc) is 3.47. The molecule has 0 aliphatic heterocycles. The monoisotopic (exact) mass is 478 g/mol. The maximum atomic E-state index is 13.4. The van der Waals surface area contributed by atoms with Crippen LogP contribution in [0.4, 0.5) is 4.79 Å². The number of hydrogen-bond donors (Lipinski definition) is 2. The quantitative estimate of drug-likeness (QED) is 0.540. The fraction of sp³-hybridized carbons (Fsp3) is 0.464. The van der Waals surface area contributed by atoms with E-state index in [0.717, 1.165) is 47.9 Å². The highest BCUT2D eigenvalue weighted by atomic mass is 16.5. The molecule has 7 heteroatoms. The Hall–Kier alpha value is -3.35. The van der Waals surface area contributed by atoms with Crippen LogP contribution in [0, 0.1) is 5.92 Å². The van der Waals surface area contributed by atoms with Crippen molar-refractivity contribution in [2.45, 2.75) is 64.0 Å². The first-order valence-corrected chi connectivity index (χ1v) is 12.5. The fourth-order valence-corrected chi connectivity index (χ4v) is 5.42. The Morgan fingerprint density at radius 1 is 1.00 bits per heavy atom. The molecule has 2 aliphatic carbocycles. The number of benzene rings is 2. The number of carboxylic acids is 1. The number of ether oxygens (including phenoxy) is 1. The summed E-state index contributed by atoms with van der Waals surface area (Å²) in [6, 6.07) is 15.3. The molecule has 186 valence electrons. The van der Waals surface area contributed by atoms with Gasteiger partial charge in [-0.05, 0) is 47.4 Å². The lowest BCUT2D eigenvalue weighted by Gasteiger charge is -2.32. The van der Waals surface area contributed by atoms with E-state index in [1.807, 2.05) is 38.1 Å². The predicted octanol–water partition coefficient (Wildman–Crippen LogP) is 4.80. The summed E-state index contributed by atoms with van der Waals surface area (Å²) in [7, 11) is 0. The molecule has 0 bridgehead atoms. The SMILES string of the molecule is CC(C)C[C@@H](NC(=O)OCC1c2ccccc2-c2ccccc21)C(=O)N(CC(=O)O)C1CCCC1. The first kappa shape index (κ1) is 24.8. The Labute approximate surface area is 206 Å². The Bertz CT molecular complexity index is 1030. The topological polar surface area (TPSA) is 95.9 Å². The van der Waals surface area contributed by atoms with Crippen LogP contribution in [-0.4, -0.2) is 53.2 Å². The van der Waals surface area contributed by atoms with Crippen LogP contribution in [0.5, 0.6) is 0 Å². The molecule has 4 rings (SSSR count). The second-order valence-corrected chi connectivity index (χ2v) is 9.95. The molecule has 7 nitrogen and oxygen atoms in total. The van der Waals surface area contributed by atoms with Gasteiger partial charge in [-0.3, -0.25) is 9.59 Å². The molecule has 0 heterocycles. The van der Waals surface area contributed by atoms with Gasteiger partial charge in [-0.25, -0.2) is 4.79 Å². The lowest BCUT2D eigenvalue weighted by Crippen LogP contribution is -2.53. The number of amides is 2. The Balaban J connectivity index is 1.45. The van der Waals surface area contributed by atoms with Crippen LogP contribution in [0.3, 0.4) is 0 Å². The first-order chi connectivity index (χ1) is 16.8. The smallest absolute Gasteiger partial charge is 0.407 e. The van der Waals surface area contributed by atoms with E-state index in [9.17, 15) is 19.5 Å². The van der Waals surface area contributed by atoms with Crippen molar-refractivity contribution in [3.63, 3.8) is 0 Å². The molecule has 2 aliphatic rings. The van der Waals surface area contributed by atoms with E-state index in [4.69, 9.17) is 4.74 Å². The number of rotatable bonds is 9. The largest absolute Gasteiger partial charge is 0.480 e. The summed E-state index contributed by atoms with van der Waals surface area (Å²) in [5.74, 6) is -1.33. The van der Waals surface area contributed by atoms with Gasteiger partial charge in [0.25, 0.3) is 0 Å². The van der Waals surface area contributed by atoms with Gasteiger partial charge in [-0.1, -0.05) is 75.2 Å². The molecule has 2 aromatic rings. The van der Waals surface area contributed by atoms with Gasteiger partial charge >= 0.3 is 12.1 Å². The molecule has 0 spiro atoms. The van der Waals surface area contributed by atoms with E-state index in [1.165, 1.54) is 4.90 Å². The lowest BCUT2D eigenvalue weighted by atomic mass is 9.98. The fourth-order valence-electron chi connectivity index (χ4n) is 5.42. The van der Waals surface area contributed by atoms with Crippen LogP contribution in [0.25, 0.3) is 11.1 Å². The molecule has 0 saturated heterocycles. The van der Waals surface area contributed by atoms with Gasteiger partial charge in [0, 0.05) is 12.0 Å². The molecule has 1 atom stereocenters. The third-order valence-corrected chi connectivity index (χ3v) is 7.00. The Morgan fingerprint density at radius 3 is 2.11 bits per heavy atom. The molecule has 2 N–H and O–H groups in total. The van der Waals surface area contributed by atoms with Crippen molar-refractivity contribution in [2.24, 2.45) is 5.92 Å². The maximum absolute atomic E-state index is 13.4. The zero-order valence-corrected chi connectivity index (χ0v) is 20.4. The summed E-state index contributed by atoms with van der Waals surface area (Å²) in [4.78, 5) is 39.2. The number of aliphatic carboxylic acids is 1. The molecule has 0 unspecified atom stereocenters. The Kier molecular flexibility index (Phi) is 7.73. The second-order valence-electron chi connectivity index (χ2n) is 9.95. The molecule has 1 saturated carbocycles. The number of nitrogens with zero attached hydrogens (tertiary/aromatic N) is 1. The highest BCUT2D eigenvalue weighted by Gasteiger charge is 2.35. The molecule has 0 aromatic heterocycles. The van der Waals surface area contributed by atoms with Crippen LogP contribution in [0.1, 0.15) is 63.0 Å². The van der Waals surface area contributed by atoms with Crippen LogP contribution >= 0.6 is 0 Å². The zero-order valence-electron chi connectivity index (χ0n) is 20.4. The van der Waals surface area contributed by atoms with Gasteiger partial charge in [0.15, 0.2) is 0 Å². The van der Waals surface area contributed by atoms with Crippen molar-refractivity contribution >= 4 is 18.0 Å². The minimum Gasteiger partial charge on any atom is -0.480 e. The van der Waals surface area contributed by atoms with E-state index < -0.39 is 18.1 Å². The summed E-state index contributed by atoms with van der Waals surface area (Å²) in [6.07, 6.45) is 3.28. The standard InChI is InChI=1S/C28H34N2O5/c1-18(2)15-25(27(33)30(16-26(31)32)19-9-3-4-10-19)29-28(34)35-17-24-22-13-7-5-11-20(22)21-12-6-8-14-23(21)24/h5-8,11-14,18-19,24-25H,3-4,9-10,15-17H2,1-2H3,(H,29,34)(H,31,32)/t25-/m1/s1. The Morgan fingerprint density at radius 2 is 1.57 bits per heavy atom. The van der Waals surface area contributed by atoms with Crippen molar-refractivity contribution in [3.8, 4) is 11.1 Å². The van der Waals surface area contributed by atoms with Crippen molar-refractivity contribution in [3.05, 3.63) is 59.7 Å². The molecule has 1 fully saturated rings. The number of alkyl carbamates (subject to hydrolysis) is 1. The number of hydrogen-bond acceptors (Lipinski definition) is 4. The number of carboxylic acid groups (broad SMARTS) is 1. The summed E-state index contributed by atoms with van der Waals surface area (Å²) < 4.78 is 5.65. The third-order valence-electron chi connectivity index (χ3n) is 7.00. The summed E-state index contributed by atoms with van der Waals surface area (Å²) in [5, 5.41) is 12.2. The molecule has 0 radical (unpaired) electrons. The molecular formula is C28H34N2O5. The van der Waals surface area contributed by atoms with Crippen LogP contribution in [0.15, 0.2) is 48.5 Å². The number of carbonyl (C=O) groups excluding carboxylic acids is 2. The minimum absolute atomic E-state index is 0.0746. The van der Waals surface area contributed by atoms with Crippen LogP contribution in [-0.2, 0) is 14.3 Å². The van der Waals surface area contributed by atoms with Crippen LogP contribution in [0.2, 0.25) is 0 Å². The van der Waals surface area contributed by atoms with Crippen LogP contribution < -0.4 is 5.32 Å². The first-order valence-electron chi connectivity index (χ1n) is 12.5. The number of carbonyl (C=O) groups is 3. The van der Waals surface area contributed by atoms with E-state index in [1.54, 1.807) is 0 Å². The van der Waals surface area contributed by atoms with E-state index in [0.29, 0.717) is 6.42 Å². The van der Waals surface area contributed by atoms with Gasteiger partial charge in [-0.15, -0.1) is 0 Å². The third kappa shape index (κ3) is 5.66. The normalized spacial score (nSPS) is 16.0. The molecule has 35 heavy (non-hydrogen) atoms. The molecule has 2 aromatic carbocycles. The number of fused-ring (bicyclic) bond motifs is 3. The molecule has 2 amide bonds. The summed E-state index contributed by atoms with van der Waals surface area (Å²) in [5.41, 5.74) is 4.52. The zero-order chi connectivity index (χ0) is 24.9. The van der Waals surface area contributed by atoms with Gasteiger partial charge in [0.2, 0.25) is 5.91 Å². The minimum atomic E-state index is -1.05. The van der Waals surface area contributed by atoms with Gasteiger partial charge in [0.1, 0.15) is 19.2 Å². The summed E-state index contributed by atoms with van der Waals surface area (Å²) >= 11 is 0. The van der Waals surface area contributed by atoms with E-state index >= 15 is 0 Å². The predicted molar refractivity (Wildman–Crippen MR) is 133 cm³/mol. The van der Waals surface area contributed by atoms with Gasteiger partial charge < -0.3 is 20.1 Å². The van der Waals surface area contributed by atoms with Gasteiger partial charge in [-0.2, -0.15) is 0 Å². The maximum Gasteiger partial charge on any atom is 0.407 e. The van der Waals surface area contributed by atoms with E-state index in [-0.39, 0.29) is 36.9 Å². The highest BCUT2D eigenvalue weighted by Crippen LogP contribution is 2.44. The average molecular weight is 479 g/mol.